The molecule has 0 radical (unpaired) electrons. The van der Waals surface area contributed by atoms with Crippen molar-refractivity contribution in [2.24, 2.45) is 16.4 Å². The fourth-order valence-electron chi connectivity index (χ4n) is 4.22. The molecule has 3 N–H and O–H groups in total. The Hall–Kier alpha value is -3.28. The third-order valence-electron chi connectivity index (χ3n) is 6.67. The lowest BCUT2D eigenvalue weighted by molar-refractivity contribution is 0.252. The molecule has 0 bridgehead atoms. The Morgan fingerprint density at radius 2 is 1.89 bits per heavy atom. The summed E-state index contributed by atoms with van der Waals surface area (Å²) in [7, 11) is 0. The van der Waals surface area contributed by atoms with Crippen molar-refractivity contribution in [3.05, 3.63) is 71.4 Å². The molecule has 1 aliphatic rings. The predicted octanol–water partition coefficient (Wildman–Crippen LogP) is 6.84. The molecular weight excluding hydrogens is 446 g/mol. The molecule has 2 amide bonds. The minimum absolute atomic E-state index is 0.0635. The normalized spacial score (nSPS) is 16.7. The molecule has 2 atom stereocenters. The molecule has 2 aromatic rings. The van der Waals surface area contributed by atoms with Crippen LogP contribution in [-0.2, 0) is 6.42 Å². The van der Waals surface area contributed by atoms with Crippen LogP contribution in [-0.4, -0.2) is 24.5 Å². The maximum absolute atomic E-state index is 12.8. The van der Waals surface area contributed by atoms with E-state index in [2.05, 4.69) is 88.0 Å². The maximum Gasteiger partial charge on any atom is 0.320 e. The third-order valence-corrected chi connectivity index (χ3v) is 6.67. The lowest BCUT2D eigenvalue weighted by atomic mass is 9.91. The Balaban J connectivity index is 1.58. The van der Waals surface area contributed by atoms with Gasteiger partial charge < -0.3 is 16.0 Å². The van der Waals surface area contributed by atoms with Gasteiger partial charge in [0.05, 0.1) is 5.69 Å². The van der Waals surface area contributed by atoms with Gasteiger partial charge in [-0.25, -0.2) is 9.80 Å². The Kier molecular flexibility index (Phi) is 9.19. The van der Waals surface area contributed by atoms with Gasteiger partial charge in [0.1, 0.15) is 6.67 Å². The summed E-state index contributed by atoms with van der Waals surface area (Å²) in [4.78, 5) is 12.8. The molecule has 194 valence electrons. The highest BCUT2D eigenvalue weighted by molar-refractivity contribution is 5.90. The molecule has 0 saturated heterocycles. The van der Waals surface area contributed by atoms with Crippen molar-refractivity contribution in [2.45, 2.75) is 73.8 Å². The van der Waals surface area contributed by atoms with Gasteiger partial charge in [-0.1, -0.05) is 63.1 Å². The van der Waals surface area contributed by atoms with E-state index in [0.717, 1.165) is 36.3 Å². The summed E-state index contributed by atoms with van der Waals surface area (Å²) in [5.74, 6) is 0.554. The van der Waals surface area contributed by atoms with Crippen molar-refractivity contribution >= 4 is 23.1 Å². The number of urea groups is 1. The molecule has 3 rings (SSSR count). The third kappa shape index (κ3) is 8.43. The molecular formula is C30H43N5O. The summed E-state index contributed by atoms with van der Waals surface area (Å²) in [6.45, 7) is 15.2. The van der Waals surface area contributed by atoms with Crippen molar-refractivity contribution in [1.29, 1.82) is 0 Å². The number of nitrogens with one attached hydrogen (secondary N) is 3. The van der Waals surface area contributed by atoms with Gasteiger partial charge in [-0.2, -0.15) is 5.10 Å². The first-order chi connectivity index (χ1) is 17.0. The Morgan fingerprint density at radius 1 is 1.17 bits per heavy atom. The molecule has 0 saturated carbocycles. The summed E-state index contributed by atoms with van der Waals surface area (Å²) < 4.78 is 0. The molecule has 0 spiro atoms. The maximum atomic E-state index is 12.8. The number of amides is 2. The number of hydrogen-bond acceptors (Lipinski definition) is 4. The summed E-state index contributed by atoms with van der Waals surface area (Å²) in [5, 5.41) is 16.1. The van der Waals surface area contributed by atoms with Gasteiger partial charge in [0.25, 0.3) is 0 Å². The van der Waals surface area contributed by atoms with E-state index in [1.165, 1.54) is 16.7 Å². The van der Waals surface area contributed by atoms with E-state index in [4.69, 9.17) is 5.10 Å². The van der Waals surface area contributed by atoms with Gasteiger partial charge in [-0.15, -0.1) is 0 Å². The molecule has 2 aromatic carbocycles. The molecule has 1 aliphatic heterocycles. The summed E-state index contributed by atoms with van der Waals surface area (Å²) >= 11 is 0. The van der Waals surface area contributed by atoms with E-state index in [1.54, 1.807) is 0 Å². The van der Waals surface area contributed by atoms with Gasteiger partial charge in [0.2, 0.25) is 0 Å². The summed E-state index contributed by atoms with van der Waals surface area (Å²) in [6.07, 6.45) is 5.38. The van der Waals surface area contributed by atoms with Gasteiger partial charge in [-0.3, -0.25) is 0 Å². The number of nitrogens with zero attached hydrogens (tertiary/aromatic N) is 2. The van der Waals surface area contributed by atoms with Crippen molar-refractivity contribution in [2.75, 3.05) is 17.0 Å². The van der Waals surface area contributed by atoms with Crippen LogP contribution < -0.4 is 21.0 Å². The van der Waals surface area contributed by atoms with Crippen molar-refractivity contribution < 1.29 is 4.79 Å². The number of aryl methyl sites for hydroxylation is 1. The molecule has 0 fully saturated rings. The fraction of sp³-hybridized carbons (Fsp3) is 0.467. The van der Waals surface area contributed by atoms with E-state index in [-0.39, 0.29) is 18.1 Å². The van der Waals surface area contributed by atoms with Crippen LogP contribution in [0.5, 0.6) is 0 Å². The minimum Gasteiger partial charge on any atom is -0.388 e. The van der Waals surface area contributed by atoms with Crippen molar-refractivity contribution in [3.8, 4) is 0 Å². The average molecular weight is 490 g/mol. The quantitative estimate of drug-likeness (QED) is 0.205. The number of anilines is 2. The second-order valence-electron chi connectivity index (χ2n) is 11.3. The SMILES string of the molecule is CC1=CNC(CC(C)Cc2cccc(NC(=O)NCN(/N=C(\C)C(C)(C)C)c3ccc(C)cc3)c2)C1. The highest BCUT2D eigenvalue weighted by atomic mass is 16.2. The van der Waals surface area contributed by atoms with E-state index in [0.29, 0.717) is 12.0 Å². The second-order valence-corrected chi connectivity index (χ2v) is 11.3. The lowest BCUT2D eigenvalue weighted by Crippen LogP contribution is -2.38. The minimum atomic E-state index is -0.252. The highest BCUT2D eigenvalue weighted by Gasteiger charge is 2.18. The van der Waals surface area contributed by atoms with Gasteiger partial charge in [0.15, 0.2) is 0 Å². The number of benzene rings is 2. The van der Waals surface area contributed by atoms with Crippen LogP contribution in [0.2, 0.25) is 0 Å². The van der Waals surface area contributed by atoms with Crippen LogP contribution in [0, 0.1) is 18.3 Å². The molecule has 6 nitrogen and oxygen atoms in total. The number of carbonyl (C=O) groups is 1. The highest BCUT2D eigenvalue weighted by Crippen LogP contribution is 2.23. The molecule has 2 unspecified atom stereocenters. The van der Waals surface area contributed by atoms with Crippen LogP contribution in [0.15, 0.2) is 65.4 Å². The predicted molar refractivity (Wildman–Crippen MR) is 152 cm³/mol. The molecule has 0 aromatic heterocycles. The summed E-state index contributed by atoms with van der Waals surface area (Å²) in [6, 6.07) is 16.6. The fourth-order valence-corrected chi connectivity index (χ4v) is 4.22. The number of hydrogen-bond donors (Lipinski definition) is 3. The van der Waals surface area contributed by atoms with Crippen LogP contribution in [0.1, 0.15) is 65.5 Å². The zero-order valence-electron chi connectivity index (χ0n) is 23.0. The van der Waals surface area contributed by atoms with Crippen LogP contribution in [0.3, 0.4) is 0 Å². The first kappa shape index (κ1) is 27.3. The van der Waals surface area contributed by atoms with Crippen LogP contribution in [0.25, 0.3) is 0 Å². The largest absolute Gasteiger partial charge is 0.388 e. The molecule has 6 heteroatoms. The molecule has 1 heterocycles. The smallest absolute Gasteiger partial charge is 0.320 e. The van der Waals surface area contributed by atoms with E-state index >= 15 is 0 Å². The first-order valence-electron chi connectivity index (χ1n) is 12.9. The first-order valence-corrected chi connectivity index (χ1v) is 12.9. The number of hydrazone groups is 1. The molecule has 0 aliphatic carbocycles. The average Bonchev–Trinajstić information content (AvgIpc) is 3.20. The van der Waals surface area contributed by atoms with Crippen molar-refractivity contribution in [3.63, 3.8) is 0 Å². The summed E-state index contributed by atoms with van der Waals surface area (Å²) in [5.41, 5.74) is 6.49. The van der Waals surface area contributed by atoms with E-state index < -0.39 is 0 Å². The Morgan fingerprint density at radius 3 is 2.53 bits per heavy atom. The topological polar surface area (TPSA) is 68.8 Å². The van der Waals surface area contributed by atoms with Gasteiger partial charge >= 0.3 is 6.03 Å². The Bertz CT molecular complexity index is 1080. The number of carbonyl (C=O) groups excluding carboxylic acids is 1. The van der Waals surface area contributed by atoms with Gasteiger partial charge in [0, 0.05) is 22.9 Å². The van der Waals surface area contributed by atoms with Crippen LogP contribution in [0.4, 0.5) is 16.2 Å². The van der Waals surface area contributed by atoms with Crippen molar-refractivity contribution in [1.82, 2.24) is 10.6 Å². The Labute approximate surface area is 217 Å². The second kappa shape index (κ2) is 12.1. The van der Waals surface area contributed by atoms with E-state index in [1.807, 2.05) is 36.2 Å². The zero-order valence-corrected chi connectivity index (χ0v) is 23.0. The van der Waals surface area contributed by atoms with Gasteiger partial charge in [-0.05, 0) is 82.0 Å². The van der Waals surface area contributed by atoms with Crippen LogP contribution >= 0.6 is 0 Å². The zero-order chi connectivity index (χ0) is 26.3. The standard InChI is InChI=1S/C30H43N5O/c1-21-11-13-28(14-12-21)35(34-24(4)30(5,6)7)20-32-29(36)33-26-10-8-9-25(18-26)15-22(2)16-27-17-23(3)19-31-27/h8-14,18-19,22,27,31H,15-17,20H2,1-7H3,(H2,32,33,36)/b34-24+. The number of rotatable bonds is 9. The lowest BCUT2D eigenvalue weighted by Gasteiger charge is -2.25. The van der Waals surface area contributed by atoms with E-state index in [9.17, 15) is 4.79 Å². The molecule has 36 heavy (non-hydrogen) atoms. The monoisotopic (exact) mass is 489 g/mol.